The minimum Gasteiger partial charge on any atom is -0.354 e. The molecular formula is C18H20ClN5O2. The first kappa shape index (κ1) is 18.1. The Hall–Kier alpha value is -2.67. The molecule has 0 aliphatic carbocycles. The van der Waals surface area contributed by atoms with Gasteiger partial charge in [0.15, 0.2) is 5.65 Å². The molecule has 136 valence electrons. The molecule has 0 fully saturated rings. The van der Waals surface area contributed by atoms with Gasteiger partial charge >= 0.3 is 0 Å². The van der Waals surface area contributed by atoms with E-state index in [1.165, 1.54) is 17.1 Å². The second-order valence-electron chi connectivity index (χ2n) is 6.01. The first-order valence-electron chi connectivity index (χ1n) is 8.50. The van der Waals surface area contributed by atoms with Crippen molar-refractivity contribution < 1.29 is 4.79 Å². The van der Waals surface area contributed by atoms with E-state index in [9.17, 15) is 9.59 Å². The van der Waals surface area contributed by atoms with Crippen LogP contribution in [-0.2, 0) is 17.9 Å². The van der Waals surface area contributed by atoms with Gasteiger partial charge in [0.1, 0.15) is 11.7 Å². The van der Waals surface area contributed by atoms with E-state index in [2.05, 4.69) is 15.4 Å². The highest BCUT2D eigenvalue weighted by Crippen LogP contribution is 2.12. The van der Waals surface area contributed by atoms with Crippen molar-refractivity contribution in [3.8, 4) is 0 Å². The molecule has 2 aromatic heterocycles. The van der Waals surface area contributed by atoms with Crippen molar-refractivity contribution in [1.82, 2.24) is 24.6 Å². The van der Waals surface area contributed by atoms with Gasteiger partial charge < -0.3 is 5.32 Å². The van der Waals surface area contributed by atoms with E-state index in [-0.39, 0.29) is 11.5 Å². The minimum absolute atomic E-state index is 0.0146. The number of rotatable bonds is 7. The number of aromatic nitrogens is 4. The molecular weight excluding hydrogens is 354 g/mol. The van der Waals surface area contributed by atoms with Crippen LogP contribution in [0.25, 0.3) is 11.0 Å². The molecule has 8 heteroatoms. The maximum absolute atomic E-state index is 12.7. The van der Waals surface area contributed by atoms with Crippen molar-refractivity contribution in [1.29, 1.82) is 0 Å². The van der Waals surface area contributed by atoms with Crippen molar-refractivity contribution in [2.45, 2.75) is 32.9 Å². The lowest BCUT2D eigenvalue weighted by molar-refractivity contribution is -0.121. The van der Waals surface area contributed by atoms with E-state index < -0.39 is 0 Å². The summed E-state index contributed by atoms with van der Waals surface area (Å²) in [6, 6.07) is 7.36. The molecule has 0 aliphatic rings. The van der Waals surface area contributed by atoms with Gasteiger partial charge in [-0.3, -0.25) is 14.2 Å². The Morgan fingerprint density at radius 1 is 1.35 bits per heavy atom. The van der Waals surface area contributed by atoms with Crippen LogP contribution in [0, 0.1) is 0 Å². The summed E-state index contributed by atoms with van der Waals surface area (Å²) in [4.78, 5) is 28.5. The smallest absolute Gasteiger partial charge is 0.264 e. The zero-order valence-electron chi connectivity index (χ0n) is 14.5. The fourth-order valence-electron chi connectivity index (χ4n) is 2.72. The van der Waals surface area contributed by atoms with Gasteiger partial charge in [0.25, 0.3) is 5.56 Å². The van der Waals surface area contributed by atoms with E-state index in [1.807, 2.05) is 25.1 Å². The van der Waals surface area contributed by atoms with Crippen LogP contribution < -0.4 is 10.9 Å². The predicted molar refractivity (Wildman–Crippen MR) is 100 cm³/mol. The number of hydrogen-bond donors (Lipinski definition) is 1. The van der Waals surface area contributed by atoms with Gasteiger partial charge in [-0.2, -0.15) is 5.10 Å². The van der Waals surface area contributed by atoms with Crippen molar-refractivity contribution in [2.24, 2.45) is 0 Å². The average molecular weight is 374 g/mol. The van der Waals surface area contributed by atoms with Gasteiger partial charge in [0.05, 0.1) is 19.3 Å². The Labute approximate surface area is 155 Å². The molecule has 0 atom stereocenters. The molecule has 2 heterocycles. The third kappa shape index (κ3) is 4.11. The Morgan fingerprint density at radius 3 is 2.96 bits per heavy atom. The zero-order valence-corrected chi connectivity index (χ0v) is 15.2. The summed E-state index contributed by atoms with van der Waals surface area (Å²) in [6.45, 7) is 3.26. The van der Waals surface area contributed by atoms with Crippen molar-refractivity contribution in [2.75, 3.05) is 6.54 Å². The topological polar surface area (TPSA) is 81.8 Å². The van der Waals surface area contributed by atoms with E-state index in [4.69, 9.17) is 11.6 Å². The summed E-state index contributed by atoms with van der Waals surface area (Å²) >= 11 is 5.99. The Bertz CT molecular complexity index is 979. The van der Waals surface area contributed by atoms with Gasteiger partial charge in [-0.1, -0.05) is 30.7 Å². The quantitative estimate of drug-likeness (QED) is 0.688. The molecule has 0 saturated carbocycles. The number of carbonyl (C=O) groups is 1. The SMILES string of the molecule is CCCC(=O)NCCn1ncc2c(=O)n(Cc3cccc(Cl)c3)cnc21. The molecule has 1 aromatic carbocycles. The van der Waals surface area contributed by atoms with Gasteiger partial charge in [-0.15, -0.1) is 0 Å². The Morgan fingerprint density at radius 2 is 2.19 bits per heavy atom. The molecule has 0 radical (unpaired) electrons. The van der Waals surface area contributed by atoms with Crippen LogP contribution in [0.1, 0.15) is 25.3 Å². The zero-order chi connectivity index (χ0) is 18.5. The lowest BCUT2D eigenvalue weighted by Gasteiger charge is -2.07. The summed E-state index contributed by atoms with van der Waals surface area (Å²) in [5, 5.41) is 8.14. The fourth-order valence-corrected chi connectivity index (χ4v) is 2.94. The van der Waals surface area contributed by atoms with Gasteiger partial charge in [0, 0.05) is 18.0 Å². The number of fused-ring (bicyclic) bond motifs is 1. The molecule has 0 bridgehead atoms. The molecule has 3 rings (SSSR count). The van der Waals surface area contributed by atoms with Crippen molar-refractivity contribution in [3.05, 3.63) is 57.7 Å². The summed E-state index contributed by atoms with van der Waals surface area (Å²) in [6.07, 6.45) is 4.35. The highest BCUT2D eigenvalue weighted by molar-refractivity contribution is 6.30. The number of nitrogens with zero attached hydrogens (tertiary/aromatic N) is 4. The van der Waals surface area contributed by atoms with Crippen LogP contribution in [0.5, 0.6) is 0 Å². The van der Waals surface area contributed by atoms with Crippen LogP contribution in [0.2, 0.25) is 5.02 Å². The van der Waals surface area contributed by atoms with Gasteiger partial charge in [0.2, 0.25) is 5.91 Å². The van der Waals surface area contributed by atoms with E-state index in [0.717, 1.165) is 12.0 Å². The molecule has 26 heavy (non-hydrogen) atoms. The number of amides is 1. The lowest BCUT2D eigenvalue weighted by Crippen LogP contribution is -2.27. The summed E-state index contributed by atoms with van der Waals surface area (Å²) in [7, 11) is 0. The van der Waals surface area contributed by atoms with E-state index in [1.54, 1.807) is 10.7 Å². The maximum Gasteiger partial charge on any atom is 0.264 e. The minimum atomic E-state index is -0.156. The average Bonchev–Trinajstić information content (AvgIpc) is 3.02. The molecule has 1 N–H and O–H groups in total. The summed E-state index contributed by atoms with van der Waals surface area (Å²) in [5.74, 6) is 0.0146. The highest BCUT2D eigenvalue weighted by Gasteiger charge is 2.11. The standard InChI is InChI=1S/C18H20ClN5O2/c1-2-4-16(25)20-7-8-24-17-15(10-22-24)18(26)23(12-21-17)11-13-5-3-6-14(19)9-13/h3,5-6,9-10,12H,2,4,7-8,11H2,1H3,(H,20,25). The number of benzene rings is 1. The van der Waals surface area contributed by atoms with Crippen molar-refractivity contribution >= 4 is 28.5 Å². The molecule has 3 aromatic rings. The number of halogens is 1. The van der Waals surface area contributed by atoms with E-state index in [0.29, 0.717) is 42.1 Å². The fraction of sp³-hybridized carbons (Fsp3) is 0.333. The number of hydrogen-bond acceptors (Lipinski definition) is 4. The maximum atomic E-state index is 12.7. The lowest BCUT2D eigenvalue weighted by atomic mass is 10.2. The van der Waals surface area contributed by atoms with Crippen LogP contribution >= 0.6 is 11.6 Å². The van der Waals surface area contributed by atoms with Gasteiger partial charge in [-0.05, 0) is 24.1 Å². The number of carbonyl (C=O) groups excluding carboxylic acids is 1. The first-order chi connectivity index (χ1) is 12.6. The molecule has 0 aliphatic heterocycles. The molecule has 0 unspecified atom stereocenters. The summed E-state index contributed by atoms with van der Waals surface area (Å²) < 4.78 is 3.16. The first-order valence-corrected chi connectivity index (χ1v) is 8.88. The largest absolute Gasteiger partial charge is 0.354 e. The van der Waals surface area contributed by atoms with Crippen LogP contribution in [0.4, 0.5) is 0 Å². The molecule has 0 saturated heterocycles. The third-order valence-electron chi connectivity index (χ3n) is 3.99. The van der Waals surface area contributed by atoms with Crippen molar-refractivity contribution in [3.63, 3.8) is 0 Å². The normalized spacial score (nSPS) is 11.0. The molecule has 0 spiro atoms. The van der Waals surface area contributed by atoms with Crippen LogP contribution in [0.15, 0.2) is 41.6 Å². The van der Waals surface area contributed by atoms with Crippen LogP contribution in [0.3, 0.4) is 0 Å². The predicted octanol–water partition coefficient (Wildman–Crippen LogP) is 2.21. The second kappa shape index (κ2) is 8.14. The third-order valence-corrected chi connectivity index (χ3v) is 4.22. The molecule has 7 nitrogen and oxygen atoms in total. The highest BCUT2D eigenvalue weighted by atomic mass is 35.5. The van der Waals surface area contributed by atoms with Gasteiger partial charge in [-0.25, -0.2) is 9.67 Å². The second-order valence-corrected chi connectivity index (χ2v) is 6.45. The van der Waals surface area contributed by atoms with E-state index >= 15 is 0 Å². The Kier molecular flexibility index (Phi) is 5.68. The number of nitrogens with one attached hydrogen (secondary N) is 1. The Balaban J connectivity index is 1.76. The summed E-state index contributed by atoms with van der Waals surface area (Å²) in [5.41, 5.74) is 1.28. The van der Waals surface area contributed by atoms with Crippen LogP contribution in [-0.4, -0.2) is 31.8 Å². The molecule has 1 amide bonds. The monoisotopic (exact) mass is 373 g/mol.